The van der Waals surface area contributed by atoms with Crippen LogP contribution in [0.5, 0.6) is 5.75 Å². The Morgan fingerprint density at radius 3 is 2.91 bits per heavy atom. The fraction of sp³-hybridized carbons (Fsp3) is 0.353. The molecule has 0 saturated heterocycles. The molecule has 1 aromatic carbocycles. The normalized spacial score (nSPS) is 20.1. The number of carbonyl (C=O) groups is 1. The molecule has 1 fully saturated rings. The predicted molar refractivity (Wildman–Crippen MR) is 79.5 cm³/mol. The van der Waals surface area contributed by atoms with Gasteiger partial charge in [-0.15, -0.1) is 0 Å². The first kappa shape index (κ1) is 13.4. The number of benzene rings is 1. The molecule has 1 atom stereocenters. The second-order valence-corrected chi connectivity index (χ2v) is 5.93. The molecule has 2 heterocycles. The van der Waals surface area contributed by atoms with E-state index < -0.39 is 0 Å². The summed E-state index contributed by atoms with van der Waals surface area (Å²) in [6.07, 6.45) is 4.73. The Hall–Kier alpha value is -2.30. The van der Waals surface area contributed by atoms with E-state index in [-0.39, 0.29) is 17.8 Å². The average molecular weight is 300 g/mol. The molecule has 1 aliphatic heterocycles. The van der Waals surface area contributed by atoms with Crippen LogP contribution < -0.4 is 10.1 Å². The van der Waals surface area contributed by atoms with Gasteiger partial charge in [-0.1, -0.05) is 0 Å². The van der Waals surface area contributed by atoms with Crippen LogP contribution in [0.1, 0.15) is 52.8 Å². The number of hydrogen-bond acceptors (Lipinski definition) is 2. The van der Waals surface area contributed by atoms with Gasteiger partial charge in [0.05, 0.1) is 12.6 Å². The lowest BCUT2D eigenvalue weighted by Gasteiger charge is -2.26. The molecule has 114 valence electrons. The van der Waals surface area contributed by atoms with Crippen LogP contribution >= 0.6 is 0 Å². The van der Waals surface area contributed by atoms with Gasteiger partial charge in [-0.25, -0.2) is 4.39 Å². The molecule has 22 heavy (non-hydrogen) atoms. The van der Waals surface area contributed by atoms with Gasteiger partial charge in [0.15, 0.2) is 0 Å². The van der Waals surface area contributed by atoms with E-state index in [0.29, 0.717) is 36.0 Å². The summed E-state index contributed by atoms with van der Waals surface area (Å²) in [6, 6.07) is 6.19. The molecule has 1 saturated carbocycles. The van der Waals surface area contributed by atoms with Gasteiger partial charge in [0.1, 0.15) is 17.3 Å². The van der Waals surface area contributed by atoms with Crippen molar-refractivity contribution in [1.82, 2.24) is 10.3 Å². The first-order chi connectivity index (χ1) is 10.7. The molecule has 2 aromatic rings. The Labute approximate surface area is 127 Å². The van der Waals surface area contributed by atoms with Gasteiger partial charge < -0.3 is 15.0 Å². The summed E-state index contributed by atoms with van der Waals surface area (Å²) in [4.78, 5) is 15.6. The lowest BCUT2D eigenvalue weighted by atomic mass is 10.00. The lowest BCUT2D eigenvalue weighted by molar-refractivity contribution is 0.0919. The van der Waals surface area contributed by atoms with Crippen LogP contribution in [0.15, 0.2) is 30.5 Å². The molecule has 1 amide bonds. The molecule has 4 nitrogen and oxygen atoms in total. The minimum absolute atomic E-state index is 0.131. The van der Waals surface area contributed by atoms with E-state index >= 15 is 0 Å². The average Bonchev–Trinajstić information content (AvgIpc) is 3.24. The zero-order chi connectivity index (χ0) is 15.1. The number of nitrogens with one attached hydrogen (secondary N) is 2. The molecule has 2 N–H and O–H groups in total. The summed E-state index contributed by atoms with van der Waals surface area (Å²) in [5, 5.41) is 3.01. The van der Waals surface area contributed by atoms with Crippen molar-refractivity contribution in [3.63, 3.8) is 0 Å². The monoisotopic (exact) mass is 300 g/mol. The molecular weight excluding hydrogens is 283 g/mol. The van der Waals surface area contributed by atoms with Crippen molar-refractivity contribution in [3.05, 3.63) is 53.1 Å². The van der Waals surface area contributed by atoms with E-state index in [0.717, 1.165) is 18.4 Å². The van der Waals surface area contributed by atoms with Crippen molar-refractivity contribution in [2.75, 3.05) is 6.61 Å². The Morgan fingerprint density at radius 1 is 1.23 bits per heavy atom. The number of hydrogen-bond donors (Lipinski definition) is 2. The quantitative estimate of drug-likeness (QED) is 0.914. The number of aromatic nitrogens is 1. The molecule has 0 bridgehead atoms. The molecule has 5 heteroatoms. The Kier molecular flexibility index (Phi) is 3.13. The van der Waals surface area contributed by atoms with Crippen LogP contribution in [-0.2, 0) is 0 Å². The Bertz CT molecular complexity index is 721. The number of amides is 1. The minimum Gasteiger partial charge on any atom is -0.493 e. The maximum Gasteiger partial charge on any atom is 0.268 e. The van der Waals surface area contributed by atoms with E-state index in [2.05, 4.69) is 10.3 Å². The molecule has 1 unspecified atom stereocenters. The minimum atomic E-state index is -0.318. The zero-order valence-corrected chi connectivity index (χ0v) is 12.1. The topological polar surface area (TPSA) is 54.1 Å². The van der Waals surface area contributed by atoms with Gasteiger partial charge in [-0.2, -0.15) is 0 Å². The van der Waals surface area contributed by atoms with Crippen molar-refractivity contribution in [2.45, 2.75) is 31.2 Å². The molecule has 0 spiro atoms. The third kappa shape index (κ3) is 2.36. The fourth-order valence-corrected chi connectivity index (χ4v) is 3.06. The number of rotatable bonds is 3. The summed E-state index contributed by atoms with van der Waals surface area (Å²) >= 11 is 0. The van der Waals surface area contributed by atoms with Crippen LogP contribution in [0.3, 0.4) is 0 Å². The molecule has 1 aliphatic carbocycles. The summed E-state index contributed by atoms with van der Waals surface area (Å²) in [6.45, 7) is 0.518. The maximum atomic E-state index is 13.5. The van der Waals surface area contributed by atoms with Crippen molar-refractivity contribution in [2.24, 2.45) is 0 Å². The third-order valence-electron chi connectivity index (χ3n) is 4.34. The zero-order valence-electron chi connectivity index (χ0n) is 12.1. The van der Waals surface area contributed by atoms with Gasteiger partial charge in [-0.05, 0) is 48.6 Å². The molecular formula is C17H17FN2O2. The van der Waals surface area contributed by atoms with Gasteiger partial charge in [0.2, 0.25) is 0 Å². The van der Waals surface area contributed by atoms with E-state index in [4.69, 9.17) is 4.74 Å². The number of H-pyrrole nitrogens is 1. The van der Waals surface area contributed by atoms with Crippen LogP contribution in [0.25, 0.3) is 0 Å². The lowest BCUT2D eigenvalue weighted by Crippen LogP contribution is -2.32. The fourth-order valence-electron chi connectivity index (χ4n) is 3.06. The van der Waals surface area contributed by atoms with Gasteiger partial charge in [0.25, 0.3) is 5.91 Å². The van der Waals surface area contributed by atoms with Crippen molar-refractivity contribution in [3.8, 4) is 5.75 Å². The largest absolute Gasteiger partial charge is 0.493 e. The van der Waals surface area contributed by atoms with Crippen molar-refractivity contribution in [1.29, 1.82) is 0 Å². The van der Waals surface area contributed by atoms with Gasteiger partial charge in [-0.3, -0.25) is 4.79 Å². The molecule has 4 rings (SSSR count). The Balaban J connectivity index is 1.58. The van der Waals surface area contributed by atoms with Crippen molar-refractivity contribution < 1.29 is 13.9 Å². The molecule has 0 radical (unpaired) electrons. The third-order valence-corrected chi connectivity index (χ3v) is 4.34. The highest BCUT2D eigenvalue weighted by molar-refractivity contribution is 5.94. The Morgan fingerprint density at radius 2 is 2.09 bits per heavy atom. The highest BCUT2D eigenvalue weighted by atomic mass is 19.1. The summed E-state index contributed by atoms with van der Waals surface area (Å²) < 4.78 is 19.0. The molecule has 2 aliphatic rings. The number of halogens is 1. The SMILES string of the molecule is O=C(NC1CCOc2ccc(F)cc21)c1[nH]ccc1C1CC1. The van der Waals surface area contributed by atoms with E-state index in [1.54, 1.807) is 12.3 Å². The number of ether oxygens (including phenoxy) is 1. The molecule has 1 aromatic heterocycles. The van der Waals surface area contributed by atoms with E-state index in [1.807, 2.05) is 6.07 Å². The first-order valence-electron chi connectivity index (χ1n) is 7.63. The smallest absolute Gasteiger partial charge is 0.268 e. The number of aromatic amines is 1. The summed E-state index contributed by atoms with van der Waals surface area (Å²) in [5.41, 5.74) is 2.43. The van der Waals surface area contributed by atoms with E-state index in [1.165, 1.54) is 12.1 Å². The second kappa shape index (κ2) is 5.16. The van der Waals surface area contributed by atoms with Crippen LogP contribution in [0.2, 0.25) is 0 Å². The number of fused-ring (bicyclic) bond motifs is 1. The van der Waals surface area contributed by atoms with Gasteiger partial charge >= 0.3 is 0 Å². The van der Waals surface area contributed by atoms with Crippen LogP contribution in [0, 0.1) is 5.82 Å². The summed E-state index contributed by atoms with van der Waals surface area (Å²) in [5.74, 6) is 0.703. The second-order valence-electron chi connectivity index (χ2n) is 5.93. The number of carbonyl (C=O) groups excluding carboxylic acids is 1. The van der Waals surface area contributed by atoms with Crippen LogP contribution in [-0.4, -0.2) is 17.5 Å². The van der Waals surface area contributed by atoms with Crippen molar-refractivity contribution >= 4 is 5.91 Å². The highest BCUT2D eigenvalue weighted by Gasteiger charge is 2.30. The van der Waals surface area contributed by atoms with Crippen LogP contribution in [0.4, 0.5) is 4.39 Å². The first-order valence-corrected chi connectivity index (χ1v) is 7.63. The summed E-state index contributed by atoms with van der Waals surface area (Å²) in [7, 11) is 0. The predicted octanol–water partition coefficient (Wildman–Crippen LogP) is 3.28. The maximum absolute atomic E-state index is 13.5. The standard InChI is InChI=1S/C17H17FN2O2/c18-11-3-4-15-13(9-11)14(6-8-22-15)20-17(21)16-12(5-7-19-16)10-1-2-10/h3-5,7,9-10,14,19H,1-2,6,8H2,(H,20,21). The highest BCUT2D eigenvalue weighted by Crippen LogP contribution is 2.41. The van der Waals surface area contributed by atoms with Gasteiger partial charge in [0, 0.05) is 18.2 Å². The van der Waals surface area contributed by atoms with E-state index in [9.17, 15) is 9.18 Å².